The quantitative estimate of drug-likeness (QED) is 0.905. The van der Waals surface area contributed by atoms with Crippen LogP contribution in [-0.2, 0) is 4.79 Å². The van der Waals surface area contributed by atoms with Crippen LogP contribution in [0.5, 0.6) is 0 Å². The lowest BCUT2D eigenvalue weighted by Gasteiger charge is -2.08. The Kier molecular flexibility index (Phi) is 3.86. The number of carbonyl (C=O) groups is 1. The molecule has 0 amide bonds. The lowest BCUT2D eigenvalue weighted by atomic mass is 10.2. The molecule has 5 nitrogen and oxygen atoms in total. The van der Waals surface area contributed by atoms with Crippen molar-refractivity contribution in [3.05, 3.63) is 23.2 Å². The van der Waals surface area contributed by atoms with Gasteiger partial charge in [0.05, 0.1) is 10.2 Å². The van der Waals surface area contributed by atoms with E-state index in [1.165, 1.54) is 11.8 Å². The van der Waals surface area contributed by atoms with Crippen LogP contribution in [0.1, 0.15) is 18.9 Å². The van der Waals surface area contributed by atoms with Crippen molar-refractivity contribution in [1.82, 2.24) is 4.98 Å². The van der Waals surface area contributed by atoms with E-state index in [1.54, 1.807) is 11.3 Å². The molecule has 0 bridgehead atoms. The molecular formula is C14H15N3O2S2. The van der Waals surface area contributed by atoms with Gasteiger partial charge in [-0.25, -0.2) is 9.78 Å². The summed E-state index contributed by atoms with van der Waals surface area (Å²) < 4.78 is 1.08. The number of fused-ring (bicyclic) bond motifs is 1. The molecule has 7 heteroatoms. The third-order valence-corrected chi connectivity index (χ3v) is 5.17. The number of nitrogens with one attached hydrogen (secondary N) is 1. The first-order valence-electron chi connectivity index (χ1n) is 6.64. The first-order valence-corrected chi connectivity index (χ1v) is 8.44. The lowest BCUT2D eigenvalue weighted by molar-refractivity contribution is -0.137. The van der Waals surface area contributed by atoms with Crippen molar-refractivity contribution in [2.75, 3.05) is 11.1 Å². The number of nitrogens with zero attached hydrogens (tertiary/aromatic N) is 2. The molecule has 110 valence electrons. The van der Waals surface area contributed by atoms with Gasteiger partial charge in [0.25, 0.3) is 0 Å². The zero-order valence-corrected chi connectivity index (χ0v) is 13.3. The van der Waals surface area contributed by atoms with Crippen LogP contribution in [0.3, 0.4) is 0 Å². The largest absolute Gasteiger partial charge is 0.480 e. The van der Waals surface area contributed by atoms with E-state index in [0.29, 0.717) is 11.8 Å². The monoisotopic (exact) mass is 321 g/mol. The Balaban J connectivity index is 1.91. The highest BCUT2D eigenvalue weighted by molar-refractivity contribution is 8.15. The summed E-state index contributed by atoms with van der Waals surface area (Å²) in [5.74, 6) is -0.386. The van der Waals surface area contributed by atoms with Crippen LogP contribution in [0.15, 0.2) is 23.2 Å². The predicted molar refractivity (Wildman–Crippen MR) is 88.8 cm³/mol. The van der Waals surface area contributed by atoms with Crippen molar-refractivity contribution in [2.24, 2.45) is 4.99 Å². The summed E-state index contributed by atoms with van der Waals surface area (Å²) in [5.41, 5.74) is 1.99. The molecule has 1 aliphatic rings. The second-order valence-corrected chi connectivity index (χ2v) is 7.14. The van der Waals surface area contributed by atoms with E-state index in [1.807, 2.05) is 12.1 Å². The number of aliphatic imine (C=N–C) groups is 1. The third-order valence-electron chi connectivity index (χ3n) is 2.96. The first kappa shape index (κ1) is 14.3. The molecule has 2 N–H and O–H groups in total. The van der Waals surface area contributed by atoms with Crippen molar-refractivity contribution in [2.45, 2.75) is 25.9 Å². The minimum Gasteiger partial charge on any atom is -0.480 e. The van der Waals surface area contributed by atoms with Gasteiger partial charge in [-0.05, 0) is 32.0 Å². The van der Waals surface area contributed by atoms with Crippen molar-refractivity contribution in [3.8, 4) is 0 Å². The molecule has 21 heavy (non-hydrogen) atoms. The number of thioether (sulfide) groups is 1. The fourth-order valence-electron chi connectivity index (χ4n) is 2.06. The van der Waals surface area contributed by atoms with Crippen LogP contribution in [-0.4, -0.2) is 38.9 Å². The van der Waals surface area contributed by atoms with Gasteiger partial charge < -0.3 is 10.4 Å². The molecule has 1 atom stereocenters. The van der Waals surface area contributed by atoms with Gasteiger partial charge in [0.2, 0.25) is 0 Å². The van der Waals surface area contributed by atoms with Crippen LogP contribution in [0, 0.1) is 0 Å². The van der Waals surface area contributed by atoms with E-state index in [2.05, 4.69) is 35.2 Å². The zero-order chi connectivity index (χ0) is 15.0. The van der Waals surface area contributed by atoms with Gasteiger partial charge in [-0.2, -0.15) is 0 Å². The van der Waals surface area contributed by atoms with Crippen LogP contribution < -0.4 is 5.32 Å². The van der Waals surface area contributed by atoms with E-state index in [-0.39, 0.29) is 0 Å². The van der Waals surface area contributed by atoms with Crippen LogP contribution >= 0.6 is 23.1 Å². The number of carboxylic acid groups (broad SMARTS) is 1. The fraction of sp³-hybridized carbons (Fsp3) is 0.357. The van der Waals surface area contributed by atoms with Crippen LogP contribution in [0.2, 0.25) is 0 Å². The molecule has 0 saturated carbocycles. The smallest absolute Gasteiger partial charge is 0.329 e. The summed E-state index contributed by atoms with van der Waals surface area (Å²) >= 11 is 3.02. The molecule has 0 spiro atoms. The van der Waals surface area contributed by atoms with Gasteiger partial charge >= 0.3 is 5.97 Å². The van der Waals surface area contributed by atoms with E-state index in [9.17, 15) is 4.79 Å². The predicted octanol–water partition coefficient (Wildman–Crippen LogP) is 3.06. The molecule has 0 fully saturated rings. The average molecular weight is 321 g/mol. The number of aromatic nitrogens is 1. The Hall–Kier alpha value is -1.60. The molecule has 2 aromatic rings. The van der Waals surface area contributed by atoms with Gasteiger partial charge in [0, 0.05) is 17.5 Å². The van der Waals surface area contributed by atoms with Gasteiger partial charge in [-0.1, -0.05) is 0 Å². The molecule has 0 saturated heterocycles. The van der Waals surface area contributed by atoms with Gasteiger partial charge in [0.15, 0.2) is 6.04 Å². The van der Waals surface area contributed by atoms with Gasteiger partial charge in [0.1, 0.15) is 10.1 Å². The molecule has 1 aromatic carbocycles. The molecular weight excluding hydrogens is 306 g/mol. The second kappa shape index (κ2) is 5.65. The Labute approximate surface area is 130 Å². The molecule has 0 radical (unpaired) electrons. The summed E-state index contributed by atoms with van der Waals surface area (Å²) in [6, 6.07) is 5.80. The summed E-state index contributed by atoms with van der Waals surface area (Å²) in [6.45, 7) is 4.19. The Bertz CT molecular complexity index is 724. The lowest BCUT2D eigenvalue weighted by Crippen LogP contribution is -2.17. The normalized spacial score (nSPS) is 18.2. The highest BCUT2D eigenvalue weighted by Crippen LogP contribution is 2.31. The molecule has 0 unspecified atom stereocenters. The maximum absolute atomic E-state index is 11.0. The summed E-state index contributed by atoms with van der Waals surface area (Å²) in [5, 5.41) is 13.9. The van der Waals surface area contributed by atoms with Gasteiger partial charge in [-0.3, -0.25) is 4.99 Å². The standard InChI is InChI=1S/C14H15N3O2S2/c1-7(2)15-8-3-4-9-11(5-8)21-13(16-9)12-17-10(6-20-12)14(18)19/h3-5,7,10,15H,6H2,1-2H3,(H,18,19)/t10-/m1/s1. The SMILES string of the molecule is CC(C)Nc1ccc2nc(C3=N[C@@H](C(=O)O)CS3)sc2c1. The summed E-state index contributed by atoms with van der Waals surface area (Å²) in [4.78, 5) is 19.7. The Morgan fingerprint density at radius 2 is 2.29 bits per heavy atom. The average Bonchev–Trinajstić information content (AvgIpc) is 3.03. The van der Waals surface area contributed by atoms with Gasteiger partial charge in [-0.15, -0.1) is 23.1 Å². The highest BCUT2D eigenvalue weighted by Gasteiger charge is 2.26. The topological polar surface area (TPSA) is 74.6 Å². The highest BCUT2D eigenvalue weighted by atomic mass is 32.2. The molecule has 1 aromatic heterocycles. The van der Waals surface area contributed by atoms with Crippen molar-refractivity contribution < 1.29 is 9.90 Å². The van der Waals surface area contributed by atoms with Crippen molar-refractivity contribution in [1.29, 1.82) is 0 Å². The number of aliphatic carboxylic acids is 1. The van der Waals surface area contributed by atoms with E-state index in [4.69, 9.17) is 5.11 Å². The number of thiazole rings is 1. The van der Waals surface area contributed by atoms with Crippen molar-refractivity contribution in [3.63, 3.8) is 0 Å². The number of hydrogen-bond donors (Lipinski definition) is 2. The minimum atomic E-state index is -0.873. The van der Waals surface area contributed by atoms with E-state index >= 15 is 0 Å². The molecule has 1 aliphatic heterocycles. The maximum atomic E-state index is 11.0. The summed E-state index contributed by atoms with van der Waals surface area (Å²) in [6.07, 6.45) is 0. The number of rotatable bonds is 4. The number of benzene rings is 1. The molecule has 2 heterocycles. The first-order chi connectivity index (χ1) is 10.0. The third kappa shape index (κ3) is 3.03. The van der Waals surface area contributed by atoms with Crippen molar-refractivity contribution >= 4 is 50.0 Å². The molecule has 0 aliphatic carbocycles. The second-order valence-electron chi connectivity index (χ2n) is 5.10. The Morgan fingerprint density at radius 1 is 1.48 bits per heavy atom. The summed E-state index contributed by atoms with van der Waals surface area (Å²) in [7, 11) is 0. The molecule has 3 rings (SSSR count). The Morgan fingerprint density at radius 3 is 2.95 bits per heavy atom. The number of carboxylic acids is 1. The number of hydrogen-bond acceptors (Lipinski definition) is 6. The van der Waals surface area contributed by atoms with Crippen LogP contribution in [0.4, 0.5) is 5.69 Å². The minimum absolute atomic E-state index is 0.376. The maximum Gasteiger partial charge on any atom is 0.329 e. The van der Waals surface area contributed by atoms with E-state index < -0.39 is 12.0 Å². The number of anilines is 1. The van der Waals surface area contributed by atoms with E-state index in [0.717, 1.165) is 26.0 Å². The fourth-order valence-corrected chi connectivity index (χ4v) is 4.16. The van der Waals surface area contributed by atoms with Crippen LogP contribution in [0.25, 0.3) is 10.2 Å². The zero-order valence-electron chi connectivity index (χ0n) is 11.7.